The second kappa shape index (κ2) is 5.21. The lowest BCUT2D eigenvalue weighted by Crippen LogP contribution is -2.09. The summed E-state index contributed by atoms with van der Waals surface area (Å²) in [5, 5.41) is 3.43. The highest BCUT2D eigenvalue weighted by atomic mass is 35.5. The molecule has 0 amide bonds. The number of hydrogen-bond donors (Lipinski definition) is 1. The first-order valence-electron chi connectivity index (χ1n) is 5.12. The Kier molecular flexibility index (Phi) is 3.66. The van der Waals surface area contributed by atoms with Gasteiger partial charge in [0.15, 0.2) is 0 Å². The van der Waals surface area contributed by atoms with Crippen LogP contribution in [-0.2, 0) is 6.54 Å². The van der Waals surface area contributed by atoms with E-state index in [1.807, 2.05) is 0 Å². The van der Waals surface area contributed by atoms with Gasteiger partial charge in [-0.05, 0) is 31.3 Å². The lowest BCUT2D eigenvalue weighted by Gasteiger charge is -2.05. The molecule has 0 atom stereocenters. The van der Waals surface area contributed by atoms with Crippen molar-refractivity contribution in [3.63, 3.8) is 0 Å². The Bertz CT molecular complexity index is 531. The molecule has 5 heteroatoms. The predicted molar refractivity (Wildman–Crippen MR) is 65.2 cm³/mol. The van der Waals surface area contributed by atoms with E-state index < -0.39 is 0 Å². The van der Waals surface area contributed by atoms with E-state index in [2.05, 4.69) is 15.3 Å². The topological polar surface area (TPSA) is 37.8 Å². The normalized spacial score (nSPS) is 10.5. The quantitative estimate of drug-likeness (QED) is 0.911. The van der Waals surface area contributed by atoms with Crippen molar-refractivity contribution >= 4 is 11.6 Å². The number of rotatable bonds is 3. The molecule has 1 heterocycles. The van der Waals surface area contributed by atoms with E-state index in [1.54, 1.807) is 25.4 Å². The lowest BCUT2D eigenvalue weighted by atomic mass is 10.1. The summed E-state index contributed by atoms with van der Waals surface area (Å²) in [6.45, 7) is 0.538. The van der Waals surface area contributed by atoms with Crippen molar-refractivity contribution in [2.75, 3.05) is 7.05 Å². The number of nitrogens with zero attached hydrogens (tertiary/aromatic N) is 2. The molecule has 0 saturated carbocycles. The van der Waals surface area contributed by atoms with Crippen LogP contribution in [0.3, 0.4) is 0 Å². The standard InChI is InChI=1S/C12H11ClFN3/c1-15-7-12-16-5-4-11(17-12)9-6-8(13)2-3-10(9)14/h2-6,15H,7H2,1H3. The minimum Gasteiger partial charge on any atom is -0.313 e. The Hall–Kier alpha value is -1.52. The Morgan fingerprint density at radius 2 is 2.18 bits per heavy atom. The SMILES string of the molecule is CNCc1nccc(-c2cc(Cl)ccc2F)n1. The first-order valence-corrected chi connectivity index (χ1v) is 5.50. The number of hydrogen-bond acceptors (Lipinski definition) is 3. The van der Waals surface area contributed by atoms with E-state index in [4.69, 9.17) is 11.6 Å². The van der Waals surface area contributed by atoms with E-state index in [-0.39, 0.29) is 5.82 Å². The molecule has 0 spiro atoms. The smallest absolute Gasteiger partial charge is 0.142 e. The van der Waals surface area contributed by atoms with Crippen molar-refractivity contribution in [2.45, 2.75) is 6.54 Å². The molecule has 0 fully saturated rings. The zero-order valence-corrected chi connectivity index (χ0v) is 10.0. The van der Waals surface area contributed by atoms with Gasteiger partial charge < -0.3 is 5.32 Å². The van der Waals surface area contributed by atoms with E-state index in [9.17, 15) is 4.39 Å². The zero-order chi connectivity index (χ0) is 12.3. The van der Waals surface area contributed by atoms with Gasteiger partial charge in [0.2, 0.25) is 0 Å². The minimum absolute atomic E-state index is 0.344. The molecule has 1 N–H and O–H groups in total. The molecule has 0 radical (unpaired) electrons. The van der Waals surface area contributed by atoms with Gasteiger partial charge in [0.25, 0.3) is 0 Å². The average molecular weight is 252 g/mol. The summed E-state index contributed by atoms with van der Waals surface area (Å²) in [4.78, 5) is 8.34. The van der Waals surface area contributed by atoms with Gasteiger partial charge in [-0.3, -0.25) is 0 Å². The summed E-state index contributed by atoms with van der Waals surface area (Å²) < 4.78 is 13.6. The maximum absolute atomic E-state index is 13.6. The Labute approximate surface area is 104 Å². The first-order chi connectivity index (χ1) is 8.20. The van der Waals surface area contributed by atoms with Crippen LogP contribution in [-0.4, -0.2) is 17.0 Å². The molecule has 2 aromatic rings. The molecule has 17 heavy (non-hydrogen) atoms. The molecule has 3 nitrogen and oxygen atoms in total. The van der Waals surface area contributed by atoms with Crippen LogP contribution in [0.2, 0.25) is 5.02 Å². The fourth-order valence-electron chi connectivity index (χ4n) is 1.49. The van der Waals surface area contributed by atoms with Crippen molar-refractivity contribution < 1.29 is 4.39 Å². The Balaban J connectivity index is 2.45. The van der Waals surface area contributed by atoms with Crippen molar-refractivity contribution in [3.05, 3.63) is 47.1 Å². The van der Waals surface area contributed by atoms with Crippen LogP contribution in [0.4, 0.5) is 4.39 Å². The lowest BCUT2D eigenvalue weighted by molar-refractivity contribution is 0.630. The molecule has 0 aliphatic carbocycles. The van der Waals surface area contributed by atoms with Crippen LogP contribution >= 0.6 is 11.6 Å². The third-order valence-corrected chi connectivity index (χ3v) is 2.48. The molecular formula is C12H11ClFN3. The van der Waals surface area contributed by atoms with Gasteiger partial charge in [-0.15, -0.1) is 0 Å². The predicted octanol–water partition coefficient (Wildman–Crippen LogP) is 2.66. The second-order valence-electron chi connectivity index (χ2n) is 3.51. The van der Waals surface area contributed by atoms with E-state index in [1.165, 1.54) is 12.1 Å². The highest BCUT2D eigenvalue weighted by molar-refractivity contribution is 6.30. The van der Waals surface area contributed by atoms with Crippen LogP contribution in [0, 0.1) is 5.82 Å². The number of nitrogens with one attached hydrogen (secondary N) is 1. The van der Waals surface area contributed by atoms with Crippen LogP contribution in [0.15, 0.2) is 30.5 Å². The van der Waals surface area contributed by atoms with Crippen molar-refractivity contribution in [2.24, 2.45) is 0 Å². The van der Waals surface area contributed by atoms with Gasteiger partial charge in [-0.1, -0.05) is 11.6 Å². The molecule has 0 aliphatic heterocycles. The maximum atomic E-state index is 13.6. The third-order valence-electron chi connectivity index (χ3n) is 2.24. The monoisotopic (exact) mass is 251 g/mol. The fourth-order valence-corrected chi connectivity index (χ4v) is 1.66. The highest BCUT2D eigenvalue weighted by Crippen LogP contribution is 2.24. The number of halogens is 2. The van der Waals surface area contributed by atoms with E-state index in [0.717, 1.165) is 0 Å². The second-order valence-corrected chi connectivity index (χ2v) is 3.95. The largest absolute Gasteiger partial charge is 0.313 e. The molecular weight excluding hydrogens is 241 g/mol. The van der Waals surface area contributed by atoms with Crippen molar-refractivity contribution in [1.29, 1.82) is 0 Å². The molecule has 0 bridgehead atoms. The van der Waals surface area contributed by atoms with Crippen LogP contribution in [0.25, 0.3) is 11.3 Å². The summed E-state index contributed by atoms with van der Waals surface area (Å²) >= 11 is 5.85. The number of benzene rings is 1. The molecule has 0 unspecified atom stereocenters. The van der Waals surface area contributed by atoms with Gasteiger partial charge in [0, 0.05) is 16.8 Å². The Morgan fingerprint density at radius 1 is 1.35 bits per heavy atom. The molecule has 88 valence electrons. The van der Waals surface area contributed by atoms with E-state index in [0.29, 0.717) is 28.6 Å². The van der Waals surface area contributed by atoms with Gasteiger partial charge in [-0.2, -0.15) is 0 Å². The Morgan fingerprint density at radius 3 is 2.94 bits per heavy atom. The van der Waals surface area contributed by atoms with Crippen LogP contribution in [0.5, 0.6) is 0 Å². The molecule has 2 rings (SSSR count). The summed E-state index contributed by atoms with van der Waals surface area (Å²) in [5.41, 5.74) is 0.919. The molecule has 1 aromatic heterocycles. The maximum Gasteiger partial charge on any atom is 0.142 e. The van der Waals surface area contributed by atoms with Gasteiger partial charge in [0.1, 0.15) is 11.6 Å². The van der Waals surface area contributed by atoms with Crippen molar-refractivity contribution in [1.82, 2.24) is 15.3 Å². The molecule has 0 saturated heterocycles. The number of aromatic nitrogens is 2. The van der Waals surface area contributed by atoms with Gasteiger partial charge in [-0.25, -0.2) is 14.4 Å². The third kappa shape index (κ3) is 2.78. The summed E-state index contributed by atoms with van der Waals surface area (Å²) in [6, 6.07) is 6.06. The summed E-state index contributed by atoms with van der Waals surface area (Å²) in [7, 11) is 1.80. The van der Waals surface area contributed by atoms with Crippen LogP contribution in [0.1, 0.15) is 5.82 Å². The van der Waals surface area contributed by atoms with Gasteiger partial charge in [0.05, 0.1) is 12.2 Å². The molecule has 1 aromatic carbocycles. The zero-order valence-electron chi connectivity index (χ0n) is 9.24. The average Bonchev–Trinajstić information content (AvgIpc) is 2.33. The molecule has 0 aliphatic rings. The summed E-state index contributed by atoms with van der Waals surface area (Å²) in [5.74, 6) is 0.271. The summed E-state index contributed by atoms with van der Waals surface area (Å²) in [6.07, 6.45) is 1.61. The highest BCUT2D eigenvalue weighted by Gasteiger charge is 2.08. The first kappa shape index (κ1) is 12.0. The fraction of sp³-hybridized carbons (Fsp3) is 0.167. The van der Waals surface area contributed by atoms with E-state index >= 15 is 0 Å². The van der Waals surface area contributed by atoms with Crippen molar-refractivity contribution in [3.8, 4) is 11.3 Å². The van der Waals surface area contributed by atoms with Crippen LogP contribution < -0.4 is 5.32 Å². The van der Waals surface area contributed by atoms with Gasteiger partial charge >= 0.3 is 0 Å². The minimum atomic E-state index is -0.344.